The minimum Gasteiger partial charge on any atom is -0.457 e. The summed E-state index contributed by atoms with van der Waals surface area (Å²) in [7, 11) is 0. The summed E-state index contributed by atoms with van der Waals surface area (Å²) in [5.74, 6) is 1.97. The fourth-order valence-electron chi connectivity index (χ4n) is 3.22. The van der Waals surface area contributed by atoms with E-state index in [1.54, 1.807) is 0 Å². The zero-order chi connectivity index (χ0) is 17.9. The molecule has 24 heavy (non-hydrogen) atoms. The first kappa shape index (κ1) is 18.5. The van der Waals surface area contributed by atoms with Gasteiger partial charge in [0, 0.05) is 23.4 Å². The van der Waals surface area contributed by atoms with Crippen LogP contribution in [0.25, 0.3) is 0 Å². The molecule has 128 valence electrons. The summed E-state index contributed by atoms with van der Waals surface area (Å²) in [6.45, 7) is 13.6. The minimum absolute atomic E-state index is 0.0707. The number of benzene rings is 2. The van der Waals surface area contributed by atoms with Crippen LogP contribution in [0.3, 0.4) is 0 Å². The molecule has 0 spiro atoms. The molecule has 0 atom stereocenters. The van der Waals surface area contributed by atoms with Crippen molar-refractivity contribution in [1.29, 1.82) is 0 Å². The molecule has 0 saturated carbocycles. The van der Waals surface area contributed by atoms with Crippen LogP contribution in [-0.4, -0.2) is 0 Å². The average molecular weight is 546 g/mol. The van der Waals surface area contributed by atoms with Crippen LogP contribution in [0.2, 0.25) is 0 Å². The Morgan fingerprint density at radius 2 is 1.12 bits per heavy atom. The highest BCUT2D eigenvalue weighted by atomic mass is 127. The first-order valence-electron chi connectivity index (χ1n) is 8.26. The number of fused-ring (bicyclic) bond motifs is 2. The maximum absolute atomic E-state index is 6.24. The van der Waals surface area contributed by atoms with Gasteiger partial charge in [0.05, 0.1) is 0 Å². The molecular weight excluding hydrogens is 522 g/mol. The predicted octanol–water partition coefficient (Wildman–Crippen LogP) is 7.46. The van der Waals surface area contributed by atoms with Crippen molar-refractivity contribution in [2.75, 3.05) is 0 Å². The molecule has 0 aliphatic carbocycles. The van der Waals surface area contributed by atoms with E-state index >= 15 is 0 Å². The largest absolute Gasteiger partial charge is 0.457 e. The van der Waals surface area contributed by atoms with Crippen LogP contribution < -0.4 is 4.74 Å². The van der Waals surface area contributed by atoms with E-state index in [1.165, 1.54) is 22.3 Å². The second kappa shape index (κ2) is 5.86. The van der Waals surface area contributed by atoms with Crippen LogP contribution >= 0.6 is 45.2 Å². The summed E-state index contributed by atoms with van der Waals surface area (Å²) >= 11 is 5.01. The zero-order valence-corrected chi connectivity index (χ0v) is 19.4. The highest BCUT2D eigenvalue weighted by Crippen LogP contribution is 2.50. The number of hydrogen-bond donors (Lipinski definition) is 0. The highest BCUT2D eigenvalue weighted by molar-refractivity contribution is 14.1. The topological polar surface area (TPSA) is 9.23 Å². The third kappa shape index (κ3) is 3.22. The van der Waals surface area contributed by atoms with Crippen molar-refractivity contribution in [3.05, 3.63) is 58.7 Å². The van der Waals surface area contributed by atoms with Gasteiger partial charge in [0.15, 0.2) is 0 Å². The first-order valence-corrected chi connectivity index (χ1v) is 10.4. The molecule has 0 saturated heterocycles. The molecule has 2 aromatic carbocycles. The van der Waals surface area contributed by atoms with Gasteiger partial charge in [0.25, 0.3) is 0 Å². The molecule has 1 aliphatic heterocycles. The van der Waals surface area contributed by atoms with Crippen LogP contribution in [-0.2, 0) is 12.3 Å². The van der Waals surface area contributed by atoms with E-state index in [-0.39, 0.29) is 12.3 Å². The predicted molar refractivity (Wildman–Crippen MR) is 119 cm³/mol. The Morgan fingerprint density at radius 1 is 0.750 bits per heavy atom. The number of ether oxygens (including phenoxy) is 1. The third-order valence-corrected chi connectivity index (χ3v) is 6.14. The molecule has 2 aromatic rings. The number of hydrogen-bond acceptors (Lipinski definition) is 1. The van der Waals surface area contributed by atoms with E-state index in [1.807, 2.05) is 0 Å². The van der Waals surface area contributed by atoms with Crippen LogP contribution in [0.1, 0.15) is 63.8 Å². The summed E-state index contributed by atoms with van der Waals surface area (Å²) in [5.41, 5.74) is 5.17. The van der Waals surface area contributed by atoms with E-state index in [4.69, 9.17) is 4.74 Å². The van der Waals surface area contributed by atoms with Gasteiger partial charge in [-0.25, -0.2) is 0 Å². The molecule has 0 radical (unpaired) electrons. The zero-order valence-electron chi connectivity index (χ0n) is 15.1. The second-order valence-electron chi connectivity index (χ2n) is 8.09. The van der Waals surface area contributed by atoms with Gasteiger partial charge in [-0.2, -0.15) is 0 Å². The fourth-order valence-corrected chi connectivity index (χ4v) is 3.89. The Morgan fingerprint density at radius 3 is 1.46 bits per heavy atom. The third-order valence-electron chi connectivity index (χ3n) is 4.90. The lowest BCUT2D eigenvalue weighted by atomic mass is 9.74. The van der Waals surface area contributed by atoms with E-state index in [0.29, 0.717) is 0 Å². The summed E-state index contributed by atoms with van der Waals surface area (Å²) in [6.07, 6.45) is 0. The van der Waals surface area contributed by atoms with Gasteiger partial charge < -0.3 is 4.74 Å². The quantitative estimate of drug-likeness (QED) is 0.281. The molecule has 0 amide bonds. The highest BCUT2D eigenvalue weighted by Gasteiger charge is 2.36. The average Bonchev–Trinajstić information content (AvgIpc) is 2.44. The van der Waals surface area contributed by atoms with E-state index in [9.17, 15) is 0 Å². The minimum atomic E-state index is -0.0707. The maximum Gasteiger partial charge on any atom is 0.131 e. The Balaban J connectivity index is 2.18. The van der Waals surface area contributed by atoms with Crippen molar-refractivity contribution in [3.8, 4) is 11.5 Å². The second-order valence-corrected chi connectivity index (χ2v) is 13.5. The van der Waals surface area contributed by atoms with E-state index < -0.39 is 0 Å². The Hall–Kier alpha value is -0.300. The molecule has 0 bridgehead atoms. The summed E-state index contributed by atoms with van der Waals surface area (Å²) in [5, 5.41) is 0. The lowest BCUT2D eigenvalue weighted by Gasteiger charge is -2.36. The smallest absolute Gasteiger partial charge is 0.131 e. The van der Waals surface area contributed by atoms with Crippen molar-refractivity contribution in [1.82, 2.24) is 0 Å². The molecule has 0 unspecified atom stereocenters. The van der Waals surface area contributed by atoms with Gasteiger partial charge >= 0.3 is 0 Å². The van der Waals surface area contributed by atoms with Crippen LogP contribution in [0, 0.1) is 0 Å². The summed E-state index contributed by atoms with van der Waals surface area (Å²) < 4.78 is 6.46. The van der Waals surface area contributed by atoms with Crippen LogP contribution in [0.5, 0.6) is 11.5 Å². The number of rotatable bonds is 2. The molecule has 3 heteroatoms. The molecular formula is C21H24I2O. The Kier molecular flexibility index (Phi) is 4.52. The normalized spacial score (nSPS) is 16.2. The molecule has 0 N–H and O–H groups in total. The molecule has 0 aromatic heterocycles. The van der Waals surface area contributed by atoms with Gasteiger partial charge in [0.2, 0.25) is 0 Å². The molecule has 1 nitrogen and oxygen atoms in total. The Bertz CT molecular complexity index is 727. The standard InChI is InChI=1S/C21H24I2O/c1-19(2)15-11-13(20(3,4)22)7-9-17(15)24-18-10-8-14(12-16(18)19)21(5,6)23/h7-12H,1-6H3. The summed E-state index contributed by atoms with van der Waals surface area (Å²) in [6, 6.07) is 13.3. The van der Waals surface area contributed by atoms with Crippen molar-refractivity contribution in [3.63, 3.8) is 0 Å². The maximum atomic E-state index is 6.24. The number of alkyl halides is 2. The van der Waals surface area contributed by atoms with Gasteiger partial charge in [-0.1, -0.05) is 71.2 Å². The molecule has 3 rings (SSSR count). The monoisotopic (exact) mass is 546 g/mol. The molecule has 1 heterocycles. The lowest BCUT2D eigenvalue weighted by Crippen LogP contribution is -2.26. The van der Waals surface area contributed by atoms with E-state index in [0.717, 1.165) is 11.5 Å². The van der Waals surface area contributed by atoms with Gasteiger partial charge in [0.1, 0.15) is 11.5 Å². The van der Waals surface area contributed by atoms with Crippen molar-refractivity contribution in [2.24, 2.45) is 0 Å². The van der Waals surface area contributed by atoms with Crippen molar-refractivity contribution in [2.45, 2.75) is 53.8 Å². The molecule has 1 aliphatic rings. The summed E-state index contributed by atoms with van der Waals surface area (Å²) in [4.78, 5) is 0. The SMILES string of the molecule is CC(C)(I)c1ccc2c(c1)C(C)(C)c1cc(C(C)(C)I)ccc1O2. The van der Waals surface area contributed by atoms with Crippen molar-refractivity contribution >= 4 is 45.2 Å². The van der Waals surface area contributed by atoms with E-state index in [2.05, 4.69) is 123 Å². The fraction of sp³-hybridized carbons (Fsp3) is 0.429. The van der Waals surface area contributed by atoms with Crippen LogP contribution in [0.15, 0.2) is 36.4 Å². The Labute approximate surface area is 172 Å². The molecule has 0 fully saturated rings. The first-order chi connectivity index (χ1) is 10.9. The lowest BCUT2D eigenvalue weighted by molar-refractivity contribution is 0.416. The number of halogens is 2. The van der Waals surface area contributed by atoms with Gasteiger partial charge in [-0.15, -0.1) is 0 Å². The van der Waals surface area contributed by atoms with Gasteiger partial charge in [-0.3, -0.25) is 0 Å². The van der Waals surface area contributed by atoms with Gasteiger partial charge in [-0.05, 0) is 63.1 Å². The van der Waals surface area contributed by atoms with Crippen LogP contribution in [0.4, 0.5) is 0 Å². The van der Waals surface area contributed by atoms with Crippen molar-refractivity contribution < 1.29 is 4.74 Å².